The lowest BCUT2D eigenvalue weighted by atomic mass is 10.2. The summed E-state index contributed by atoms with van der Waals surface area (Å²) >= 11 is 10.7. The molecule has 4 N–H and O–H groups in total. The number of nitrogens with two attached hydrogens (primary N) is 1. The third-order valence-corrected chi connectivity index (χ3v) is 2.19. The van der Waals surface area contributed by atoms with E-state index >= 15 is 0 Å². The Kier molecular flexibility index (Phi) is 3.48. The van der Waals surface area contributed by atoms with Gasteiger partial charge in [0, 0.05) is 10.7 Å². The van der Waals surface area contributed by atoms with Crippen LogP contribution in [0.25, 0.3) is 0 Å². The molecule has 0 amide bonds. The van der Waals surface area contributed by atoms with Crippen molar-refractivity contribution in [1.29, 1.82) is 0 Å². The van der Waals surface area contributed by atoms with Crippen LogP contribution in [-0.2, 0) is 0 Å². The van der Waals surface area contributed by atoms with E-state index in [2.05, 4.69) is 10.7 Å². The summed E-state index contributed by atoms with van der Waals surface area (Å²) in [5, 5.41) is 3.93. The first-order valence-electron chi connectivity index (χ1n) is 3.67. The molecule has 0 radical (unpaired) electrons. The van der Waals surface area contributed by atoms with E-state index in [0.29, 0.717) is 10.1 Å². The number of nitrogens with one attached hydrogen (secondary N) is 2. The highest BCUT2D eigenvalue weighted by atomic mass is 35.5. The molecule has 1 aromatic carbocycles. The molecule has 0 fully saturated rings. The van der Waals surface area contributed by atoms with Gasteiger partial charge < -0.3 is 10.7 Å². The zero-order valence-corrected chi connectivity index (χ0v) is 8.67. The minimum absolute atomic E-state index is 0.361. The van der Waals surface area contributed by atoms with Gasteiger partial charge in [0.2, 0.25) is 0 Å². The number of hydrogen-bond acceptors (Lipinski definition) is 2. The second-order valence-corrected chi connectivity index (χ2v) is 3.38. The molecule has 0 saturated carbocycles. The third kappa shape index (κ3) is 2.84. The number of hydrogen-bond donors (Lipinski definition) is 3. The van der Waals surface area contributed by atoms with Crippen LogP contribution in [-0.4, -0.2) is 5.11 Å². The molecule has 0 aliphatic rings. The van der Waals surface area contributed by atoms with E-state index in [1.54, 1.807) is 6.07 Å². The number of rotatable bonds is 1. The first-order chi connectivity index (χ1) is 6.13. The van der Waals surface area contributed by atoms with Gasteiger partial charge in [-0.1, -0.05) is 17.7 Å². The van der Waals surface area contributed by atoms with E-state index < -0.39 is 0 Å². The smallest absolute Gasteiger partial charge is 0.185 e. The lowest BCUT2D eigenvalue weighted by Crippen LogP contribution is -2.34. The number of aryl methyl sites for hydroxylation is 1. The Morgan fingerprint density at radius 1 is 1.54 bits per heavy atom. The molecule has 0 aliphatic carbocycles. The second kappa shape index (κ2) is 4.41. The van der Waals surface area contributed by atoms with Crippen LogP contribution in [0.15, 0.2) is 18.2 Å². The fraction of sp³-hybridized carbons (Fsp3) is 0.125. The lowest BCUT2D eigenvalue weighted by molar-refractivity contribution is 1.04. The van der Waals surface area contributed by atoms with Gasteiger partial charge in [-0.3, -0.25) is 0 Å². The van der Waals surface area contributed by atoms with Gasteiger partial charge >= 0.3 is 0 Å². The van der Waals surface area contributed by atoms with Crippen LogP contribution in [0.4, 0.5) is 5.69 Å². The van der Waals surface area contributed by atoms with Crippen molar-refractivity contribution >= 4 is 34.6 Å². The van der Waals surface area contributed by atoms with Crippen LogP contribution in [0.5, 0.6) is 0 Å². The molecule has 0 aliphatic heterocycles. The van der Waals surface area contributed by atoms with Gasteiger partial charge in [-0.25, -0.2) is 5.84 Å². The summed E-state index contributed by atoms with van der Waals surface area (Å²) in [5.74, 6) is 5.10. The van der Waals surface area contributed by atoms with E-state index in [-0.39, 0.29) is 0 Å². The summed E-state index contributed by atoms with van der Waals surface area (Å²) in [5.41, 5.74) is 4.17. The van der Waals surface area contributed by atoms with Crippen molar-refractivity contribution in [2.75, 3.05) is 5.32 Å². The van der Waals surface area contributed by atoms with Gasteiger partial charge in [-0.05, 0) is 36.8 Å². The van der Waals surface area contributed by atoms with Gasteiger partial charge in [-0.2, -0.15) is 0 Å². The summed E-state index contributed by atoms with van der Waals surface area (Å²) in [6, 6.07) is 5.58. The molecular weight excluding hydrogens is 206 g/mol. The molecule has 70 valence electrons. The summed E-state index contributed by atoms with van der Waals surface area (Å²) in [4.78, 5) is 0. The highest BCUT2D eigenvalue weighted by Gasteiger charge is 1.98. The first-order valence-corrected chi connectivity index (χ1v) is 4.46. The Morgan fingerprint density at radius 2 is 2.23 bits per heavy atom. The fourth-order valence-corrected chi connectivity index (χ4v) is 1.14. The van der Waals surface area contributed by atoms with E-state index in [1.807, 2.05) is 19.1 Å². The Morgan fingerprint density at radius 3 is 2.77 bits per heavy atom. The van der Waals surface area contributed by atoms with Gasteiger partial charge in [0.1, 0.15) is 0 Å². The van der Waals surface area contributed by atoms with Crippen molar-refractivity contribution in [1.82, 2.24) is 5.43 Å². The molecule has 13 heavy (non-hydrogen) atoms. The van der Waals surface area contributed by atoms with Crippen molar-refractivity contribution < 1.29 is 0 Å². The van der Waals surface area contributed by atoms with Crippen LogP contribution in [0, 0.1) is 6.92 Å². The lowest BCUT2D eigenvalue weighted by Gasteiger charge is -2.07. The van der Waals surface area contributed by atoms with E-state index in [9.17, 15) is 0 Å². The first kappa shape index (κ1) is 10.2. The molecule has 1 rings (SSSR count). The Bertz CT molecular complexity index is 327. The molecule has 0 atom stereocenters. The van der Waals surface area contributed by atoms with Crippen LogP contribution >= 0.6 is 23.8 Å². The summed E-state index contributed by atoms with van der Waals surface area (Å²) in [7, 11) is 0. The average molecular weight is 216 g/mol. The number of hydrazine groups is 1. The third-order valence-electron chi connectivity index (χ3n) is 1.56. The normalized spacial score (nSPS) is 9.46. The van der Waals surface area contributed by atoms with Crippen LogP contribution < -0.4 is 16.6 Å². The quantitative estimate of drug-likeness (QED) is 0.380. The van der Waals surface area contributed by atoms with Crippen molar-refractivity contribution in [3.63, 3.8) is 0 Å². The van der Waals surface area contributed by atoms with Crippen molar-refractivity contribution in [3.05, 3.63) is 28.8 Å². The maximum absolute atomic E-state index is 5.91. The van der Waals surface area contributed by atoms with Crippen molar-refractivity contribution in [2.24, 2.45) is 5.84 Å². The fourth-order valence-electron chi connectivity index (χ4n) is 0.838. The van der Waals surface area contributed by atoms with Crippen molar-refractivity contribution in [3.8, 4) is 0 Å². The minimum atomic E-state index is 0.361. The molecule has 5 heteroatoms. The summed E-state index contributed by atoms with van der Waals surface area (Å²) in [6.45, 7) is 1.94. The van der Waals surface area contributed by atoms with Gasteiger partial charge in [-0.15, -0.1) is 0 Å². The second-order valence-electron chi connectivity index (χ2n) is 2.56. The molecular formula is C8H10ClN3S. The molecule has 0 saturated heterocycles. The van der Waals surface area contributed by atoms with Gasteiger partial charge in [0.25, 0.3) is 0 Å². The highest BCUT2D eigenvalue weighted by molar-refractivity contribution is 7.80. The highest BCUT2D eigenvalue weighted by Crippen LogP contribution is 2.19. The number of benzene rings is 1. The standard InChI is InChI=1S/C8H10ClN3S/c1-5-2-3-6(4-7(5)9)11-8(13)12-10/h2-4H,10H2,1H3,(H2,11,12,13). The maximum atomic E-state index is 5.91. The monoisotopic (exact) mass is 215 g/mol. The minimum Gasteiger partial charge on any atom is -0.332 e. The van der Waals surface area contributed by atoms with Crippen LogP contribution in [0.1, 0.15) is 5.56 Å². The summed E-state index contributed by atoms with van der Waals surface area (Å²) in [6.07, 6.45) is 0. The van der Waals surface area contributed by atoms with Gasteiger partial charge in [0.05, 0.1) is 0 Å². The Labute approximate surface area is 87.2 Å². The zero-order valence-electron chi connectivity index (χ0n) is 7.10. The van der Waals surface area contributed by atoms with Crippen LogP contribution in [0.3, 0.4) is 0 Å². The maximum Gasteiger partial charge on any atom is 0.185 e. The molecule has 0 aromatic heterocycles. The number of anilines is 1. The number of halogens is 1. The molecule has 3 nitrogen and oxygen atoms in total. The topological polar surface area (TPSA) is 50.1 Å². The van der Waals surface area contributed by atoms with Gasteiger partial charge in [0.15, 0.2) is 5.11 Å². The largest absolute Gasteiger partial charge is 0.332 e. The zero-order chi connectivity index (χ0) is 9.84. The van der Waals surface area contributed by atoms with E-state index in [0.717, 1.165) is 11.3 Å². The molecule has 0 heterocycles. The number of thiocarbonyl (C=S) groups is 1. The SMILES string of the molecule is Cc1ccc(NC(=S)NN)cc1Cl. The van der Waals surface area contributed by atoms with Crippen LogP contribution in [0.2, 0.25) is 5.02 Å². The summed E-state index contributed by atoms with van der Waals surface area (Å²) < 4.78 is 0. The molecule has 1 aromatic rings. The molecule has 0 bridgehead atoms. The Balaban J connectivity index is 2.79. The molecule has 0 spiro atoms. The average Bonchev–Trinajstić information content (AvgIpc) is 2.11. The molecule has 0 unspecified atom stereocenters. The van der Waals surface area contributed by atoms with E-state index in [4.69, 9.17) is 29.7 Å². The Hall–Kier alpha value is -0.840. The van der Waals surface area contributed by atoms with Crippen molar-refractivity contribution in [2.45, 2.75) is 6.92 Å². The van der Waals surface area contributed by atoms with E-state index in [1.165, 1.54) is 0 Å². The predicted molar refractivity (Wildman–Crippen MR) is 59.7 cm³/mol. The predicted octanol–water partition coefficient (Wildman–Crippen LogP) is 1.81.